The van der Waals surface area contributed by atoms with E-state index in [2.05, 4.69) is 25.7 Å². The van der Waals surface area contributed by atoms with Gasteiger partial charge in [0.1, 0.15) is 0 Å². The van der Waals surface area contributed by atoms with E-state index >= 15 is 0 Å². The smallest absolute Gasteiger partial charge is 0.312 e. The van der Waals surface area contributed by atoms with Crippen molar-refractivity contribution in [3.63, 3.8) is 0 Å². The molecule has 0 aromatic rings. The van der Waals surface area contributed by atoms with Gasteiger partial charge in [0.15, 0.2) is 0 Å². The Balaban J connectivity index is 2.46. The predicted molar refractivity (Wildman–Crippen MR) is 75.7 cm³/mol. The van der Waals surface area contributed by atoms with Gasteiger partial charge in [-0.25, -0.2) is 0 Å². The fourth-order valence-electron chi connectivity index (χ4n) is 2.02. The van der Waals surface area contributed by atoms with Gasteiger partial charge in [0.2, 0.25) is 0 Å². The molecule has 0 unspecified atom stereocenters. The average Bonchev–Trinajstić information content (AvgIpc) is 2.36. The van der Waals surface area contributed by atoms with E-state index in [1.54, 1.807) is 9.80 Å². The third kappa shape index (κ3) is 4.67. The number of carbonyl (C=O) groups excluding carboxylic acids is 2. The molecule has 1 aliphatic heterocycles. The van der Waals surface area contributed by atoms with Crippen molar-refractivity contribution >= 4 is 11.8 Å². The van der Waals surface area contributed by atoms with Crippen molar-refractivity contribution in [2.24, 2.45) is 0 Å². The van der Waals surface area contributed by atoms with Crippen molar-refractivity contribution in [2.45, 2.75) is 33.2 Å². The molecule has 1 fully saturated rings. The van der Waals surface area contributed by atoms with Crippen LogP contribution < -0.4 is 5.32 Å². The molecule has 1 heterocycles. The second kappa shape index (κ2) is 7.28. The van der Waals surface area contributed by atoms with Crippen molar-refractivity contribution in [3.05, 3.63) is 12.2 Å². The number of nitrogens with zero attached hydrogens (tertiary/aromatic N) is 2. The molecule has 5 nitrogen and oxygen atoms in total. The van der Waals surface area contributed by atoms with Gasteiger partial charge in [-0.05, 0) is 12.0 Å². The lowest BCUT2D eigenvalue weighted by Gasteiger charge is -2.34. The molecule has 0 aromatic heterocycles. The van der Waals surface area contributed by atoms with E-state index in [1.165, 1.54) is 0 Å². The molecule has 2 amide bonds. The van der Waals surface area contributed by atoms with Crippen LogP contribution in [0.2, 0.25) is 0 Å². The Bertz CT molecular complexity index is 353. The summed E-state index contributed by atoms with van der Waals surface area (Å²) in [6, 6.07) is 0.385. The summed E-state index contributed by atoms with van der Waals surface area (Å²) in [6.45, 7) is 13.1. The van der Waals surface area contributed by atoms with Crippen molar-refractivity contribution < 1.29 is 9.59 Å². The highest BCUT2D eigenvalue weighted by Gasteiger charge is 2.31. The summed E-state index contributed by atoms with van der Waals surface area (Å²) in [7, 11) is 0. The van der Waals surface area contributed by atoms with Gasteiger partial charge in [-0.1, -0.05) is 27.4 Å². The first kappa shape index (κ1) is 15.7. The van der Waals surface area contributed by atoms with Crippen LogP contribution in [0.5, 0.6) is 0 Å². The monoisotopic (exact) mass is 267 g/mol. The van der Waals surface area contributed by atoms with E-state index in [4.69, 9.17) is 0 Å². The lowest BCUT2D eigenvalue weighted by Crippen LogP contribution is -2.55. The Labute approximate surface area is 115 Å². The number of rotatable bonds is 7. The van der Waals surface area contributed by atoms with Gasteiger partial charge in [0.05, 0.1) is 0 Å². The fraction of sp³-hybridized carbons (Fsp3) is 0.714. The molecule has 1 aliphatic rings. The van der Waals surface area contributed by atoms with E-state index in [-0.39, 0.29) is 5.91 Å². The lowest BCUT2D eigenvalue weighted by molar-refractivity contribution is -0.155. The number of hydrogen-bond donors (Lipinski definition) is 1. The number of carbonyl (C=O) groups is 2. The van der Waals surface area contributed by atoms with Crippen LogP contribution in [-0.4, -0.2) is 60.4 Å². The van der Waals surface area contributed by atoms with Crippen LogP contribution >= 0.6 is 0 Å². The maximum atomic E-state index is 12.0. The Hall–Kier alpha value is -1.36. The van der Waals surface area contributed by atoms with Crippen molar-refractivity contribution in [1.29, 1.82) is 0 Å². The predicted octanol–water partition coefficient (Wildman–Crippen LogP) is 0.621. The number of nitrogens with one attached hydrogen (secondary N) is 1. The Morgan fingerprint density at radius 2 is 1.84 bits per heavy atom. The van der Waals surface area contributed by atoms with E-state index in [9.17, 15) is 9.59 Å². The van der Waals surface area contributed by atoms with Gasteiger partial charge in [-0.3, -0.25) is 9.59 Å². The second-order valence-electron chi connectivity index (χ2n) is 5.30. The van der Waals surface area contributed by atoms with E-state index in [1.807, 2.05) is 6.92 Å². The summed E-state index contributed by atoms with van der Waals surface area (Å²) in [6.07, 6.45) is 0.879. The topological polar surface area (TPSA) is 52.6 Å². The average molecular weight is 267 g/mol. The summed E-state index contributed by atoms with van der Waals surface area (Å²) in [4.78, 5) is 27.0. The molecule has 0 atom stereocenters. The minimum absolute atomic E-state index is 0.377. The molecule has 1 saturated heterocycles. The first-order chi connectivity index (χ1) is 8.95. The highest BCUT2D eigenvalue weighted by atomic mass is 16.2. The third-order valence-electron chi connectivity index (χ3n) is 3.07. The normalized spacial score (nSPS) is 16.4. The Morgan fingerprint density at radius 3 is 2.42 bits per heavy atom. The summed E-state index contributed by atoms with van der Waals surface area (Å²) >= 11 is 0. The summed E-state index contributed by atoms with van der Waals surface area (Å²) in [5.41, 5.74) is 0.929. The molecule has 0 spiro atoms. The van der Waals surface area contributed by atoms with Crippen LogP contribution in [0.3, 0.4) is 0 Å². The highest BCUT2D eigenvalue weighted by molar-refractivity contribution is 6.35. The van der Waals surface area contributed by atoms with Crippen LogP contribution in [0.1, 0.15) is 27.2 Å². The van der Waals surface area contributed by atoms with Gasteiger partial charge in [0, 0.05) is 38.8 Å². The molecule has 0 radical (unpaired) electrons. The minimum atomic E-state index is -0.398. The summed E-state index contributed by atoms with van der Waals surface area (Å²) in [5, 5.41) is 3.26. The molecule has 1 N–H and O–H groups in total. The van der Waals surface area contributed by atoms with Gasteiger partial charge < -0.3 is 15.1 Å². The molecule has 19 heavy (non-hydrogen) atoms. The van der Waals surface area contributed by atoms with Crippen LogP contribution in [0.15, 0.2) is 12.2 Å². The largest absolute Gasteiger partial charge is 0.333 e. The van der Waals surface area contributed by atoms with E-state index in [0.29, 0.717) is 38.8 Å². The van der Waals surface area contributed by atoms with E-state index < -0.39 is 5.91 Å². The zero-order chi connectivity index (χ0) is 14.4. The van der Waals surface area contributed by atoms with Crippen LogP contribution in [-0.2, 0) is 9.59 Å². The number of hydrogen-bond acceptors (Lipinski definition) is 3. The summed E-state index contributed by atoms with van der Waals surface area (Å²) < 4.78 is 0. The van der Waals surface area contributed by atoms with Gasteiger partial charge in [0.25, 0.3) is 0 Å². The number of amides is 2. The highest BCUT2D eigenvalue weighted by Crippen LogP contribution is 2.07. The molecule has 1 rings (SSSR count). The first-order valence-corrected chi connectivity index (χ1v) is 6.94. The van der Waals surface area contributed by atoms with Crippen LogP contribution in [0.25, 0.3) is 0 Å². The van der Waals surface area contributed by atoms with Crippen molar-refractivity contribution in [2.75, 3.05) is 32.7 Å². The fourth-order valence-corrected chi connectivity index (χ4v) is 2.02. The molecule has 5 heteroatoms. The molecule has 108 valence electrons. The van der Waals surface area contributed by atoms with Gasteiger partial charge >= 0.3 is 11.8 Å². The maximum absolute atomic E-state index is 12.0. The molecule has 0 saturated carbocycles. The molecule has 0 aliphatic carbocycles. The minimum Gasteiger partial charge on any atom is -0.333 e. The van der Waals surface area contributed by atoms with Gasteiger partial charge in [-0.2, -0.15) is 0 Å². The van der Waals surface area contributed by atoms with Gasteiger partial charge in [-0.15, -0.1) is 0 Å². The van der Waals surface area contributed by atoms with Crippen LogP contribution in [0, 0.1) is 0 Å². The molecule has 0 aromatic carbocycles. The zero-order valence-corrected chi connectivity index (χ0v) is 12.2. The Morgan fingerprint density at radius 1 is 1.26 bits per heavy atom. The lowest BCUT2D eigenvalue weighted by atomic mass is 10.2. The SMILES string of the molecule is C=C(CNC(C)C)CN1CCN(CCC)C(=O)C1=O. The first-order valence-electron chi connectivity index (χ1n) is 6.94. The molecule has 0 bridgehead atoms. The second-order valence-corrected chi connectivity index (χ2v) is 5.30. The van der Waals surface area contributed by atoms with E-state index in [0.717, 1.165) is 12.0 Å². The number of piperazine rings is 1. The standard InChI is InChI=1S/C14H25N3O2/c1-5-6-16-7-8-17(14(19)13(16)18)10-12(4)9-15-11(2)3/h11,15H,4-10H2,1-3H3. The quantitative estimate of drug-likeness (QED) is 0.543. The molecular weight excluding hydrogens is 242 g/mol. The van der Waals surface area contributed by atoms with Crippen LogP contribution in [0.4, 0.5) is 0 Å². The third-order valence-corrected chi connectivity index (χ3v) is 3.07. The Kier molecular flexibility index (Phi) is 6.02. The maximum Gasteiger partial charge on any atom is 0.312 e. The zero-order valence-electron chi connectivity index (χ0n) is 12.2. The van der Waals surface area contributed by atoms with Crippen molar-refractivity contribution in [1.82, 2.24) is 15.1 Å². The van der Waals surface area contributed by atoms with Crippen molar-refractivity contribution in [3.8, 4) is 0 Å². The molecular formula is C14H25N3O2. The summed E-state index contributed by atoms with van der Waals surface area (Å²) in [5.74, 6) is -0.775.